The third kappa shape index (κ3) is 16.9. The van der Waals surface area contributed by atoms with Gasteiger partial charge in [0, 0.05) is 20.3 Å². The SMILES string of the molecule is C#Cc1ccc(OC(F)F)cc1.C=CCCC(F)c1cccc(C#Cc2ccc(OC(F)F)cc2)c1.C=CCCC(F)c1cccc(I)c1. The number of halogens is 7. The molecule has 256 valence electrons. The van der Waals surface area contributed by atoms with Gasteiger partial charge in [0.2, 0.25) is 0 Å². The summed E-state index contributed by atoms with van der Waals surface area (Å²) in [6, 6.07) is 26.5. The van der Waals surface area contributed by atoms with Crippen molar-refractivity contribution in [1.82, 2.24) is 0 Å². The lowest BCUT2D eigenvalue weighted by molar-refractivity contribution is -0.0505. The second-order valence-corrected chi connectivity index (χ2v) is 11.3. The van der Waals surface area contributed by atoms with Crippen molar-refractivity contribution in [3.63, 3.8) is 0 Å². The van der Waals surface area contributed by atoms with Gasteiger partial charge < -0.3 is 9.47 Å². The second-order valence-electron chi connectivity index (χ2n) is 10.0. The summed E-state index contributed by atoms with van der Waals surface area (Å²) in [7, 11) is 0. The van der Waals surface area contributed by atoms with E-state index in [2.05, 4.69) is 63.0 Å². The molecule has 0 heterocycles. The Kier molecular flexibility index (Phi) is 18.9. The lowest BCUT2D eigenvalue weighted by Crippen LogP contribution is -2.01. The molecule has 0 fully saturated rings. The van der Waals surface area contributed by atoms with Gasteiger partial charge in [0.25, 0.3) is 0 Å². The summed E-state index contributed by atoms with van der Waals surface area (Å²) in [6.07, 6.45) is 8.88. The normalized spacial score (nSPS) is 11.3. The van der Waals surface area contributed by atoms with Gasteiger partial charge in [-0.15, -0.1) is 19.6 Å². The van der Waals surface area contributed by atoms with E-state index in [1.165, 1.54) is 36.4 Å². The fourth-order valence-corrected chi connectivity index (χ4v) is 4.54. The highest BCUT2D eigenvalue weighted by Gasteiger charge is 2.09. The lowest BCUT2D eigenvalue weighted by atomic mass is 10.0. The number of alkyl halides is 6. The highest BCUT2D eigenvalue weighted by molar-refractivity contribution is 14.1. The number of hydrogen-bond acceptors (Lipinski definition) is 2. The van der Waals surface area contributed by atoms with E-state index in [0.29, 0.717) is 41.5 Å². The molecule has 4 aromatic rings. The van der Waals surface area contributed by atoms with Crippen LogP contribution in [0.3, 0.4) is 0 Å². The minimum Gasteiger partial charge on any atom is -0.435 e. The van der Waals surface area contributed by atoms with Crippen molar-refractivity contribution in [2.75, 3.05) is 0 Å². The first-order valence-electron chi connectivity index (χ1n) is 15.0. The van der Waals surface area contributed by atoms with Crippen LogP contribution in [0.4, 0.5) is 26.3 Å². The van der Waals surface area contributed by atoms with Crippen molar-refractivity contribution in [3.05, 3.63) is 154 Å². The molecule has 0 N–H and O–H groups in total. The highest BCUT2D eigenvalue weighted by atomic mass is 127. The summed E-state index contributed by atoms with van der Waals surface area (Å²) in [5, 5.41) is 0. The number of allylic oxidation sites excluding steroid dienone is 2. The van der Waals surface area contributed by atoms with E-state index in [1.54, 1.807) is 48.6 Å². The molecule has 4 aromatic carbocycles. The molecule has 9 heteroatoms. The zero-order valence-electron chi connectivity index (χ0n) is 26.5. The zero-order valence-corrected chi connectivity index (χ0v) is 28.6. The van der Waals surface area contributed by atoms with E-state index in [-0.39, 0.29) is 11.5 Å². The Balaban J connectivity index is 0.000000281. The topological polar surface area (TPSA) is 18.5 Å². The van der Waals surface area contributed by atoms with Gasteiger partial charge in [0.1, 0.15) is 23.8 Å². The minimum absolute atomic E-state index is 0.0834. The van der Waals surface area contributed by atoms with Gasteiger partial charge in [-0.2, -0.15) is 17.6 Å². The van der Waals surface area contributed by atoms with E-state index in [0.717, 1.165) is 15.6 Å². The van der Waals surface area contributed by atoms with Crippen LogP contribution in [0.1, 0.15) is 65.8 Å². The van der Waals surface area contributed by atoms with Crippen LogP contribution in [0.25, 0.3) is 0 Å². The molecule has 49 heavy (non-hydrogen) atoms. The molecule has 0 aliphatic rings. The monoisotopic (exact) mass is 788 g/mol. The Labute approximate surface area is 298 Å². The molecule has 0 bridgehead atoms. The number of rotatable bonds is 12. The van der Waals surface area contributed by atoms with Crippen molar-refractivity contribution in [3.8, 4) is 35.7 Å². The summed E-state index contributed by atoms with van der Waals surface area (Å²) in [6.45, 7) is 1.53. The lowest BCUT2D eigenvalue weighted by Gasteiger charge is -2.07. The van der Waals surface area contributed by atoms with Crippen molar-refractivity contribution in [1.29, 1.82) is 0 Å². The Hall–Kier alpha value is -4.61. The maximum absolute atomic E-state index is 14.0. The molecule has 4 rings (SSSR count). The molecule has 2 atom stereocenters. The van der Waals surface area contributed by atoms with Crippen molar-refractivity contribution in [2.24, 2.45) is 0 Å². The predicted octanol–water partition coefficient (Wildman–Crippen LogP) is 12.2. The first kappa shape index (κ1) is 40.6. The van der Waals surface area contributed by atoms with E-state index in [1.807, 2.05) is 24.3 Å². The molecule has 0 aromatic heterocycles. The van der Waals surface area contributed by atoms with Crippen LogP contribution < -0.4 is 9.47 Å². The largest absolute Gasteiger partial charge is 0.435 e. The minimum atomic E-state index is -2.85. The van der Waals surface area contributed by atoms with Crippen LogP contribution in [-0.4, -0.2) is 13.2 Å². The predicted molar refractivity (Wildman–Crippen MR) is 192 cm³/mol. The zero-order chi connectivity index (χ0) is 36.0. The van der Waals surface area contributed by atoms with Gasteiger partial charge in [0.15, 0.2) is 0 Å². The second kappa shape index (κ2) is 22.9. The molecular weight excluding hydrogens is 753 g/mol. The average molecular weight is 789 g/mol. The van der Waals surface area contributed by atoms with E-state index >= 15 is 0 Å². The van der Waals surface area contributed by atoms with Crippen LogP contribution in [0.15, 0.2) is 122 Å². The van der Waals surface area contributed by atoms with Crippen molar-refractivity contribution >= 4 is 22.6 Å². The van der Waals surface area contributed by atoms with Crippen molar-refractivity contribution < 1.29 is 35.8 Å². The molecule has 2 unspecified atom stereocenters. The number of ether oxygens (including phenoxy) is 2. The van der Waals surface area contributed by atoms with Crippen LogP contribution in [-0.2, 0) is 0 Å². The van der Waals surface area contributed by atoms with Crippen molar-refractivity contribution in [2.45, 2.75) is 51.2 Å². The Morgan fingerprint density at radius 3 is 1.51 bits per heavy atom. The van der Waals surface area contributed by atoms with Crippen LogP contribution >= 0.6 is 22.6 Å². The quantitative estimate of drug-likeness (QED) is 0.0616. The molecular formula is C40H35F6IO2. The third-order valence-electron chi connectivity index (χ3n) is 6.38. The molecule has 0 amide bonds. The Morgan fingerprint density at radius 2 is 1.06 bits per heavy atom. The van der Waals surface area contributed by atoms with Gasteiger partial charge in [0.05, 0.1) is 0 Å². The summed E-state index contributed by atoms with van der Waals surface area (Å²) in [5.41, 5.74) is 3.35. The molecule has 0 aliphatic heterocycles. The van der Waals surface area contributed by atoms with Gasteiger partial charge in [-0.05, 0) is 132 Å². The first-order valence-corrected chi connectivity index (χ1v) is 16.1. The summed E-state index contributed by atoms with van der Waals surface area (Å²) in [4.78, 5) is 0. The highest BCUT2D eigenvalue weighted by Crippen LogP contribution is 2.25. The Morgan fingerprint density at radius 1 is 0.612 bits per heavy atom. The number of hydrogen-bond donors (Lipinski definition) is 0. The van der Waals surface area contributed by atoms with Crippen LogP contribution in [0, 0.1) is 27.8 Å². The summed E-state index contributed by atoms with van der Waals surface area (Å²) in [5.74, 6) is 8.43. The van der Waals surface area contributed by atoms with Gasteiger partial charge >= 0.3 is 13.2 Å². The van der Waals surface area contributed by atoms with Gasteiger partial charge in [-0.3, -0.25) is 0 Å². The summed E-state index contributed by atoms with van der Waals surface area (Å²) < 4.78 is 84.4. The van der Waals surface area contributed by atoms with E-state index in [4.69, 9.17) is 6.42 Å². The number of terminal acetylenes is 1. The number of benzene rings is 4. The summed E-state index contributed by atoms with van der Waals surface area (Å²) >= 11 is 2.19. The molecule has 2 nitrogen and oxygen atoms in total. The molecule has 0 saturated heterocycles. The molecule has 0 radical (unpaired) electrons. The standard InChI is InChI=1S/C20H17F3O.C11H12FI.C9H6F2O/c1-2-3-7-19(21)17-6-4-5-16(14-17)9-8-15-10-12-18(13-11-15)24-20(22)23;1-2-3-7-11(12)9-5-4-6-10(13)8-9;1-2-7-3-5-8(6-4-7)12-9(10)11/h2,4-6,10-14,19-20H,1,3,7H2;2,4-6,8,11H,1,3,7H2;1,3-6,9H. The fraction of sp³-hybridized carbons (Fsp3) is 0.200. The van der Waals surface area contributed by atoms with Gasteiger partial charge in [-0.1, -0.05) is 54.2 Å². The van der Waals surface area contributed by atoms with Crippen LogP contribution in [0.5, 0.6) is 11.5 Å². The first-order chi connectivity index (χ1) is 23.5. The van der Waals surface area contributed by atoms with E-state index in [9.17, 15) is 26.3 Å². The average Bonchev–Trinajstić information content (AvgIpc) is 3.10. The molecule has 0 aliphatic carbocycles. The maximum Gasteiger partial charge on any atom is 0.387 e. The maximum atomic E-state index is 14.0. The smallest absolute Gasteiger partial charge is 0.387 e. The molecule has 0 saturated carbocycles. The van der Waals surface area contributed by atoms with Gasteiger partial charge in [-0.25, -0.2) is 8.78 Å². The fourth-order valence-electron chi connectivity index (χ4n) is 3.97. The Bertz CT molecular complexity index is 1670. The van der Waals surface area contributed by atoms with E-state index < -0.39 is 25.6 Å². The third-order valence-corrected chi connectivity index (χ3v) is 7.05. The van der Waals surface area contributed by atoms with Crippen LogP contribution in [0.2, 0.25) is 0 Å². The molecule has 0 spiro atoms.